The topological polar surface area (TPSA) is 76.5 Å². The van der Waals surface area contributed by atoms with E-state index in [9.17, 15) is 18.4 Å². The molecule has 1 N–H and O–H groups in total. The quantitative estimate of drug-likeness (QED) is 0.622. The molecule has 2 heterocycles. The number of hydrogen-bond donors (Lipinski definition) is 1. The number of anilines is 1. The number of carbonyl (C=O) groups is 2. The number of amides is 2. The summed E-state index contributed by atoms with van der Waals surface area (Å²) >= 11 is 0. The van der Waals surface area contributed by atoms with Gasteiger partial charge in [0.05, 0.1) is 22.5 Å². The molecule has 0 bridgehead atoms. The zero-order chi connectivity index (χ0) is 22.7. The summed E-state index contributed by atoms with van der Waals surface area (Å²) in [6.07, 6.45) is 1.25. The van der Waals surface area contributed by atoms with Gasteiger partial charge >= 0.3 is 6.61 Å². The number of imidazole rings is 1. The normalized spacial score (nSPS) is 16.4. The van der Waals surface area contributed by atoms with Gasteiger partial charge in [-0.3, -0.25) is 14.9 Å². The van der Waals surface area contributed by atoms with Crippen LogP contribution in [-0.2, 0) is 11.3 Å². The molecule has 0 saturated carbocycles. The first-order valence-corrected chi connectivity index (χ1v) is 10.6. The molecular weight excluding hydrogens is 418 g/mol. The molecule has 1 aromatic heterocycles. The van der Waals surface area contributed by atoms with Crippen LogP contribution in [0.1, 0.15) is 30.1 Å². The van der Waals surface area contributed by atoms with Gasteiger partial charge in [0.25, 0.3) is 5.91 Å². The van der Waals surface area contributed by atoms with Gasteiger partial charge in [0.15, 0.2) is 0 Å². The molecule has 1 fully saturated rings. The number of nitrogens with one attached hydrogen (secondary N) is 1. The molecule has 7 nitrogen and oxygen atoms in total. The van der Waals surface area contributed by atoms with Crippen molar-refractivity contribution in [2.24, 2.45) is 5.92 Å². The fourth-order valence-corrected chi connectivity index (χ4v) is 4.09. The standard InChI is InChI=1S/C23H24F2N4O3/c1-2-29-18-11-5-4-10-17(18)26-23(29)27-20(30)15-8-7-13-28(14-15)21(31)16-9-3-6-12-19(16)32-22(24)25/h3-6,9-12,15,22H,2,7-8,13-14H2,1H3,(H,26,27,30). The second-order valence-corrected chi connectivity index (χ2v) is 7.62. The van der Waals surface area contributed by atoms with Crippen molar-refractivity contribution in [2.75, 3.05) is 18.4 Å². The van der Waals surface area contributed by atoms with Gasteiger partial charge in [-0.15, -0.1) is 0 Å². The Kier molecular flexibility index (Phi) is 6.34. The van der Waals surface area contributed by atoms with Gasteiger partial charge in [0, 0.05) is 19.6 Å². The smallest absolute Gasteiger partial charge is 0.387 e. The van der Waals surface area contributed by atoms with Crippen molar-refractivity contribution in [2.45, 2.75) is 32.9 Å². The van der Waals surface area contributed by atoms with Crippen LogP contribution in [0.5, 0.6) is 5.75 Å². The van der Waals surface area contributed by atoms with Crippen molar-refractivity contribution < 1.29 is 23.1 Å². The number of para-hydroxylation sites is 3. The van der Waals surface area contributed by atoms with Crippen molar-refractivity contribution >= 4 is 28.8 Å². The number of halogens is 2. The van der Waals surface area contributed by atoms with Crippen LogP contribution in [0.4, 0.5) is 14.7 Å². The second-order valence-electron chi connectivity index (χ2n) is 7.62. The van der Waals surface area contributed by atoms with Gasteiger partial charge in [-0.25, -0.2) is 4.98 Å². The molecule has 1 atom stereocenters. The first kappa shape index (κ1) is 21.7. The fraction of sp³-hybridized carbons (Fsp3) is 0.348. The van der Waals surface area contributed by atoms with E-state index in [1.807, 2.05) is 35.8 Å². The van der Waals surface area contributed by atoms with E-state index in [0.717, 1.165) is 11.0 Å². The lowest BCUT2D eigenvalue weighted by Crippen LogP contribution is -2.44. The number of likely N-dealkylation sites (tertiary alicyclic amines) is 1. The van der Waals surface area contributed by atoms with E-state index in [-0.39, 0.29) is 23.8 Å². The predicted molar refractivity (Wildman–Crippen MR) is 116 cm³/mol. The Balaban J connectivity index is 1.49. The molecule has 3 aromatic rings. The van der Waals surface area contributed by atoms with Crippen LogP contribution in [-0.4, -0.2) is 46.0 Å². The number of piperidine rings is 1. The number of ether oxygens (including phenoxy) is 1. The van der Waals surface area contributed by atoms with Crippen LogP contribution < -0.4 is 10.1 Å². The third-order valence-corrected chi connectivity index (χ3v) is 5.62. The first-order chi connectivity index (χ1) is 15.5. The van der Waals surface area contributed by atoms with E-state index in [4.69, 9.17) is 0 Å². The number of aryl methyl sites for hydroxylation is 1. The van der Waals surface area contributed by atoms with Crippen LogP contribution in [0.25, 0.3) is 11.0 Å². The van der Waals surface area contributed by atoms with E-state index in [2.05, 4.69) is 15.0 Å². The Labute approximate surface area is 184 Å². The molecule has 0 aliphatic carbocycles. The van der Waals surface area contributed by atoms with Crippen molar-refractivity contribution in [1.82, 2.24) is 14.5 Å². The fourth-order valence-electron chi connectivity index (χ4n) is 4.09. The Morgan fingerprint density at radius 3 is 2.72 bits per heavy atom. The Morgan fingerprint density at radius 2 is 1.94 bits per heavy atom. The summed E-state index contributed by atoms with van der Waals surface area (Å²) in [5.41, 5.74) is 1.78. The number of benzene rings is 2. The molecule has 1 unspecified atom stereocenters. The summed E-state index contributed by atoms with van der Waals surface area (Å²) in [4.78, 5) is 32.0. The molecular formula is C23H24F2N4O3. The lowest BCUT2D eigenvalue weighted by molar-refractivity contribution is -0.121. The molecule has 0 spiro atoms. The predicted octanol–water partition coefficient (Wildman–Crippen LogP) is 4.15. The summed E-state index contributed by atoms with van der Waals surface area (Å²) in [5, 5.41) is 2.91. The van der Waals surface area contributed by atoms with Crippen molar-refractivity contribution in [1.29, 1.82) is 0 Å². The van der Waals surface area contributed by atoms with Crippen LogP contribution in [0.3, 0.4) is 0 Å². The second kappa shape index (κ2) is 9.33. The van der Waals surface area contributed by atoms with Crippen LogP contribution in [0.15, 0.2) is 48.5 Å². The average Bonchev–Trinajstić information content (AvgIpc) is 3.15. The minimum absolute atomic E-state index is 0.0571. The minimum Gasteiger partial charge on any atom is -0.434 e. The molecule has 0 radical (unpaired) electrons. The van der Waals surface area contributed by atoms with E-state index >= 15 is 0 Å². The monoisotopic (exact) mass is 442 g/mol. The highest BCUT2D eigenvalue weighted by molar-refractivity contribution is 5.98. The summed E-state index contributed by atoms with van der Waals surface area (Å²) in [7, 11) is 0. The lowest BCUT2D eigenvalue weighted by atomic mass is 9.96. The van der Waals surface area contributed by atoms with E-state index in [1.54, 1.807) is 6.07 Å². The van der Waals surface area contributed by atoms with Gasteiger partial charge in [0.2, 0.25) is 11.9 Å². The summed E-state index contributed by atoms with van der Waals surface area (Å²) < 4.78 is 31.8. The van der Waals surface area contributed by atoms with E-state index in [0.29, 0.717) is 31.9 Å². The largest absolute Gasteiger partial charge is 0.434 e. The molecule has 168 valence electrons. The zero-order valence-electron chi connectivity index (χ0n) is 17.6. The third-order valence-electron chi connectivity index (χ3n) is 5.62. The summed E-state index contributed by atoms with van der Waals surface area (Å²) in [5.74, 6) is -0.779. The van der Waals surface area contributed by atoms with E-state index < -0.39 is 18.4 Å². The molecule has 1 saturated heterocycles. The third kappa shape index (κ3) is 4.42. The highest BCUT2D eigenvalue weighted by atomic mass is 19.3. The van der Waals surface area contributed by atoms with Gasteiger partial charge in [-0.05, 0) is 44.0 Å². The molecule has 2 amide bonds. The molecule has 1 aliphatic heterocycles. The maximum absolute atomic E-state index is 13.0. The SMILES string of the molecule is CCn1c(NC(=O)C2CCCN(C(=O)c3ccccc3OC(F)F)C2)nc2ccccc21. The molecule has 4 rings (SSSR count). The maximum atomic E-state index is 13.0. The van der Waals surface area contributed by atoms with Gasteiger partial charge in [-0.2, -0.15) is 8.78 Å². The number of fused-ring (bicyclic) bond motifs is 1. The first-order valence-electron chi connectivity index (χ1n) is 10.6. The van der Waals surface area contributed by atoms with Crippen molar-refractivity contribution in [3.63, 3.8) is 0 Å². The Bertz CT molecular complexity index is 1130. The summed E-state index contributed by atoms with van der Waals surface area (Å²) in [6, 6.07) is 13.5. The number of aromatic nitrogens is 2. The van der Waals surface area contributed by atoms with Crippen LogP contribution in [0.2, 0.25) is 0 Å². The molecule has 1 aliphatic rings. The lowest BCUT2D eigenvalue weighted by Gasteiger charge is -2.32. The number of alkyl halides is 2. The number of nitrogens with zero attached hydrogens (tertiary/aromatic N) is 3. The van der Waals surface area contributed by atoms with Crippen LogP contribution in [0, 0.1) is 5.92 Å². The number of hydrogen-bond acceptors (Lipinski definition) is 4. The maximum Gasteiger partial charge on any atom is 0.387 e. The Morgan fingerprint density at radius 1 is 1.19 bits per heavy atom. The molecule has 9 heteroatoms. The number of rotatable bonds is 6. The van der Waals surface area contributed by atoms with Gasteiger partial charge in [-0.1, -0.05) is 24.3 Å². The van der Waals surface area contributed by atoms with Crippen molar-refractivity contribution in [3.8, 4) is 5.75 Å². The molecule has 2 aromatic carbocycles. The van der Waals surface area contributed by atoms with Gasteiger partial charge < -0.3 is 14.2 Å². The minimum atomic E-state index is -3.03. The highest BCUT2D eigenvalue weighted by Gasteiger charge is 2.31. The number of carbonyl (C=O) groups excluding carboxylic acids is 2. The molecule has 32 heavy (non-hydrogen) atoms. The van der Waals surface area contributed by atoms with Crippen molar-refractivity contribution in [3.05, 3.63) is 54.1 Å². The van der Waals surface area contributed by atoms with Crippen LogP contribution >= 0.6 is 0 Å². The average molecular weight is 442 g/mol. The van der Waals surface area contributed by atoms with E-state index in [1.165, 1.54) is 23.1 Å². The Hall–Kier alpha value is -3.49. The van der Waals surface area contributed by atoms with Gasteiger partial charge in [0.1, 0.15) is 5.75 Å². The summed E-state index contributed by atoms with van der Waals surface area (Å²) in [6.45, 7) is 0.233. The zero-order valence-corrected chi connectivity index (χ0v) is 17.6. The highest BCUT2D eigenvalue weighted by Crippen LogP contribution is 2.26.